The Balaban J connectivity index is 2.99. The molecule has 0 bridgehead atoms. The number of alkyl halides is 2. The maximum Gasteiger partial charge on any atom is 0.164 e. The van der Waals surface area contributed by atoms with E-state index in [1.54, 1.807) is 0 Å². The predicted octanol–water partition coefficient (Wildman–Crippen LogP) is 1.68. The highest BCUT2D eigenvalue weighted by molar-refractivity contribution is 9.13. The lowest BCUT2D eigenvalue weighted by Crippen LogP contribution is -2.25. The Labute approximate surface area is 77.6 Å². The summed E-state index contributed by atoms with van der Waals surface area (Å²) >= 11 is 6.50. The fourth-order valence-electron chi connectivity index (χ4n) is 0.933. The summed E-state index contributed by atoms with van der Waals surface area (Å²) in [6.07, 6.45) is 0.686. The van der Waals surface area contributed by atoms with E-state index < -0.39 is 14.0 Å². The van der Waals surface area contributed by atoms with Crippen LogP contribution in [0.4, 0.5) is 0 Å². The average Bonchev–Trinajstić information content (AvgIpc) is 1.95. The monoisotopic (exact) mass is 290 g/mol. The summed E-state index contributed by atoms with van der Waals surface area (Å²) in [4.78, 5) is 0. The summed E-state index contributed by atoms with van der Waals surface area (Å²) in [5.74, 6) is 0.282. The molecule has 1 aliphatic rings. The number of hydrogen-bond acceptors (Lipinski definition) is 2. The minimum absolute atomic E-state index is 0.272. The summed E-state index contributed by atoms with van der Waals surface area (Å²) in [6, 6.07) is 0. The Morgan fingerprint density at radius 3 is 2.20 bits per heavy atom. The normalized spacial score (nSPS) is 45.7. The van der Waals surface area contributed by atoms with Gasteiger partial charge < -0.3 is 0 Å². The predicted molar refractivity (Wildman–Crippen MR) is 48.5 cm³/mol. The van der Waals surface area contributed by atoms with Crippen molar-refractivity contribution in [3.05, 3.63) is 0 Å². The fraction of sp³-hybridized carbons (Fsp3) is 1.00. The molecule has 0 aromatic rings. The number of sulfone groups is 1. The van der Waals surface area contributed by atoms with Crippen LogP contribution in [0.5, 0.6) is 0 Å². The van der Waals surface area contributed by atoms with Crippen LogP contribution in [0.2, 0.25) is 0 Å². The van der Waals surface area contributed by atoms with Gasteiger partial charge in [-0.05, 0) is 13.3 Å². The van der Waals surface area contributed by atoms with Gasteiger partial charge in [-0.1, -0.05) is 31.9 Å². The average molecular weight is 292 g/mol. The van der Waals surface area contributed by atoms with Crippen molar-refractivity contribution >= 4 is 41.7 Å². The first kappa shape index (κ1) is 9.00. The molecule has 0 spiro atoms. The molecule has 0 aromatic heterocycles. The van der Waals surface area contributed by atoms with Gasteiger partial charge in [0.2, 0.25) is 0 Å². The first-order valence-corrected chi connectivity index (χ1v) is 6.33. The molecule has 0 aliphatic carbocycles. The quantitative estimate of drug-likeness (QED) is 0.637. The van der Waals surface area contributed by atoms with Crippen molar-refractivity contribution in [1.82, 2.24) is 0 Å². The molecule has 1 aliphatic heterocycles. The van der Waals surface area contributed by atoms with Gasteiger partial charge in [-0.25, -0.2) is 8.42 Å². The van der Waals surface area contributed by atoms with Crippen molar-refractivity contribution in [3.63, 3.8) is 0 Å². The second-order valence-corrected chi connectivity index (χ2v) is 8.25. The third kappa shape index (κ3) is 1.41. The van der Waals surface area contributed by atoms with E-state index in [4.69, 9.17) is 0 Å². The van der Waals surface area contributed by atoms with Crippen molar-refractivity contribution in [2.24, 2.45) is 0 Å². The van der Waals surface area contributed by atoms with E-state index in [-0.39, 0.29) is 10.1 Å². The van der Waals surface area contributed by atoms with Crippen molar-refractivity contribution in [1.29, 1.82) is 0 Å². The Kier molecular flexibility index (Phi) is 2.21. The van der Waals surface area contributed by atoms with E-state index in [1.165, 1.54) is 0 Å². The third-order valence-electron chi connectivity index (χ3n) is 1.66. The molecule has 1 rings (SSSR count). The zero-order valence-corrected chi connectivity index (χ0v) is 9.46. The largest absolute Gasteiger partial charge is 0.228 e. The maximum atomic E-state index is 11.1. The Morgan fingerprint density at radius 2 is 2.10 bits per heavy atom. The highest BCUT2D eigenvalue weighted by Crippen LogP contribution is 2.41. The molecule has 5 heteroatoms. The molecule has 1 heterocycles. The SMILES string of the molecule is C[C@@]1(Br)CCS(=O)(=O)[C@@H]1Br. The van der Waals surface area contributed by atoms with Crippen molar-refractivity contribution in [3.8, 4) is 0 Å². The van der Waals surface area contributed by atoms with Crippen LogP contribution in [0.15, 0.2) is 0 Å². The zero-order chi connectivity index (χ0) is 7.99. The molecule has 2 atom stereocenters. The lowest BCUT2D eigenvalue weighted by atomic mass is 10.2. The molecule has 0 unspecified atom stereocenters. The van der Waals surface area contributed by atoms with Crippen LogP contribution in [0.3, 0.4) is 0 Å². The molecular weight excluding hydrogens is 284 g/mol. The molecule has 0 N–H and O–H groups in total. The second-order valence-electron chi connectivity index (χ2n) is 2.71. The zero-order valence-electron chi connectivity index (χ0n) is 5.47. The van der Waals surface area contributed by atoms with E-state index in [2.05, 4.69) is 31.9 Å². The van der Waals surface area contributed by atoms with Crippen molar-refractivity contribution in [2.75, 3.05) is 5.75 Å². The van der Waals surface area contributed by atoms with E-state index in [0.29, 0.717) is 6.42 Å². The van der Waals surface area contributed by atoms with Gasteiger partial charge in [-0.3, -0.25) is 0 Å². The van der Waals surface area contributed by atoms with Gasteiger partial charge in [0.05, 0.1) is 10.1 Å². The van der Waals surface area contributed by atoms with Gasteiger partial charge in [0, 0.05) is 0 Å². The molecule has 10 heavy (non-hydrogen) atoms. The van der Waals surface area contributed by atoms with Crippen molar-refractivity contribution in [2.45, 2.75) is 21.8 Å². The van der Waals surface area contributed by atoms with E-state index in [0.717, 1.165) is 0 Å². The topological polar surface area (TPSA) is 34.1 Å². The molecule has 60 valence electrons. The maximum absolute atomic E-state index is 11.1. The molecule has 2 nitrogen and oxygen atoms in total. The molecule has 0 radical (unpaired) electrons. The Morgan fingerprint density at radius 1 is 1.60 bits per heavy atom. The van der Waals surface area contributed by atoms with Crippen LogP contribution >= 0.6 is 31.9 Å². The number of hydrogen-bond donors (Lipinski definition) is 0. The molecule has 0 amide bonds. The summed E-state index contributed by atoms with van der Waals surface area (Å²) in [5.41, 5.74) is 0. The summed E-state index contributed by atoms with van der Waals surface area (Å²) in [6.45, 7) is 1.89. The highest BCUT2D eigenvalue weighted by atomic mass is 79.9. The van der Waals surface area contributed by atoms with Gasteiger partial charge in [-0.15, -0.1) is 0 Å². The lowest BCUT2D eigenvalue weighted by Gasteiger charge is -2.16. The molecular formula is C5H8Br2O2S. The van der Waals surface area contributed by atoms with Gasteiger partial charge in [0.1, 0.15) is 4.16 Å². The highest BCUT2D eigenvalue weighted by Gasteiger charge is 2.45. The third-order valence-corrected chi connectivity index (χ3v) is 8.08. The van der Waals surface area contributed by atoms with Crippen LogP contribution in [0.1, 0.15) is 13.3 Å². The van der Waals surface area contributed by atoms with Crippen LogP contribution in [0.25, 0.3) is 0 Å². The molecule has 0 aromatic carbocycles. The summed E-state index contributed by atoms with van der Waals surface area (Å²) in [7, 11) is -2.86. The summed E-state index contributed by atoms with van der Waals surface area (Å²) in [5, 5.41) is 0. The fourth-order valence-corrected chi connectivity index (χ4v) is 4.82. The number of rotatable bonds is 0. The first-order chi connectivity index (χ1) is 4.36. The molecule has 0 saturated carbocycles. The molecule has 1 fully saturated rings. The smallest absolute Gasteiger partial charge is 0.164 e. The van der Waals surface area contributed by atoms with Crippen molar-refractivity contribution < 1.29 is 8.42 Å². The minimum atomic E-state index is -2.86. The lowest BCUT2D eigenvalue weighted by molar-refractivity contribution is 0.599. The van der Waals surface area contributed by atoms with E-state index in [1.807, 2.05) is 6.92 Å². The standard InChI is InChI=1S/C5H8Br2O2S/c1-5(7)2-3-10(8,9)4(5)6/h4H,2-3H2,1H3/t4-,5+/m0/s1. The van der Waals surface area contributed by atoms with E-state index >= 15 is 0 Å². The van der Waals surface area contributed by atoms with Crippen LogP contribution in [0, 0.1) is 0 Å². The van der Waals surface area contributed by atoms with Crippen LogP contribution < -0.4 is 0 Å². The van der Waals surface area contributed by atoms with Gasteiger partial charge in [0.15, 0.2) is 9.84 Å². The Bertz CT molecular complexity index is 232. The van der Waals surface area contributed by atoms with Crippen LogP contribution in [-0.2, 0) is 9.84 Å². The van der Waals surface area contributed by atoms with Gasteiger partial charge in [-0.2, -0.15) is 0 Å². The first-order valence-electron chi connectivity index (χ1n) is 2.91. The summed E-state index contributed by atoms with van der Waals surface area (Å²) < 4.78 is 21.5. The minimum Gasteiger partial charge on any atom is -0.228 e. The Hall–Kier alpha value is 0.910. The molecule has 1 saturated heterocycles. The van der Waals surface area contributed by atoms with E-state index in [9.17, 15) is 8.42 Å². The van der Waals surface area contributed by atoms with Crippen LogP contribution in [-0.4, -0.2) is 22.7 Å². The number of halogens is 2. The van der Waals surface area contributed by atoms with Gasteiger partial charge in [0.25, 0.3) is 0 Å². The second kappa shape index (κ2) is 2.45. The van der Waals surface area contributed by atoms with Gasteiger partial charge >= 0.3 is 0 Å².